The van der Waals surface area contributed by atoms with E-state index in [1.165, 1.54) is 6.26 Å². The summed E-state index contributed by atoms with van der Waals surface area (Å²) < 4.78 is 26.8. The number of carbonyl (C=O) groups is 1. The molecule has 0 saturated heterocycles. The van der Waals surface area contributed by atoms with Gasteiger partial charge in [-0.2, -0.15) is 0 Å². The van der Waals surface area contributed by atoms with Crippen molar-refractivity contribution in [2.75, 3.05) is 37.5 Å². The number of nitrogens with one attached hydrogen (secondary N) is 2. The molecule has 0 aromatic heterocycles. The molecule has 1 aromatic carbocycles. The van der Waals surface area contributed by atoms with Gasteiger partial charge >= 0.3 is 0 Å². The van der Waals surface area contributed by atoms with Crippen LogP contribution in [0, 0.1) is 0 Å². The molecule has 0 aliphatic heterocycles. The summed E-state index contributed by atoms with van der Waals surface area (Å²) in [6.07, 6.45) is 1.69. The number of benzene rings is 1. The predicted octanol–water partition coefficient (Wildman–Crippen LogP) is 0.658. The van der Waals surface area contributed by atoms with Gasteiger partial charge in [-0.15, -0.1) is 0 Å². The number of ether oxygens (including phenoxy) is 1. The lowest BCUT2D eigenvalue weighted by molar-refractivity contribution is -0.115. The van der Waals surface area contributed by atoms with E-state index < -0.39 is 9.84 Å². The summed E-state index contributed by atoms with van der Waals surface area (Å²) in [7, 11) is -1.36. The maximum Gasteiger partial charge on any atom is 0.238 e. The molecule has 0 heterocycles. The summed E-state index contributed by atoms with van der Waals surface area (Å²) in [5, 5.41) is 5.62. The standard InChI is InChI=1S/C13H20N2O4S/c1-19-12-6-4-11(5-7-12)15-13(16)10-14-8-3-9-20(2,17)18/h4-7,14H,3,8-10H2,1-2H3,(H,15,16). The number of amides is 1. The van der Waals surface area contributed by atoms with Crippen LogP contribution in [-0.4, -0.2) is 46.5 Å². The third-order valence-electron chi connectivity index (χ3n) is 2.53. The Bertz CT molecular complexity index is 526. The molecule has 0 spiro atoms. The molecule has 1 amide bonds. The monoisotopic (exact) mass is 300 g/mol. The lowest BCUT2D eigenvalue weighted by Crippen LogP contribution is -2.29. The van der Waals surface area contributed by atoms with Gasteiger partial charge in [0, 0.05) is 11.9 Å². The molecule has 1 aromatic rings. The zero-order valence-corrected chi connectivity index (χ0v) is 12.5. The van der Waals surface area contributed by atoms with E-state index in [9.17, 15) is 13.2 Å². The molecule has 0 radical (unpaired) electrons. The molecule has 0 aliphatic rings. The molecule has 0 fully saturated rings. The molecule has 0 atom stereocenters. The maximum atomic E-state index is 11.6. The van der Waals surface area contributed by atoms with Crippen LogP contribution >= 0.6 is 0 Å². The van der Waals surface area contributed by atoms with Crippen LogP contribution in [0.1, 0.15) is 6.42 Å². The minimum absolute atomic E-state index is 0.125. The largest absolute Gasteiger partial charge is 0.497 e. The Morgan fingerprint density at radius 1 is 1.25 bits per heavy atom. The molecule has 0 unspecified atom stereocenters. The normalized spacial score (nSPS) is 11.1. The Labute approximate surface area is 119 Å². The SMILES string of the molecule is COc1ccc(NC(=O)CNCCCS(C)(=O)=O)cc1. The molecule has 0 bridgehead atoms. The molecular formula is C13H20N2O4S. The fourth-order valence-electron chi connectivity index (χ4n) is 1.54. The molecule has 20 heavy (non-hydrogen) atoms. The van der Waals surface area contributed by atoms with Crippen LogP contribution < -0.4 is 15.4 Å². The second kappa shape index (κ2) is 7.86. The van der Waals surface area contributed by atoms with Crippen LogP contribution in [-0.2, 0) is 14.6 Å². The third kappa shape index (κ3) is 7.10. The van der Waals surface area contributed by atoms with Gasteiger partial charge in [0.25, 0.3) is 0 Å². The van der Waals surface area contributed by atoms with Crippen molar-refractivity contribution in [1.82, 2.24) is 5.32 Å². The van der Waals surface area contributed by atoms with Gasteiger partial charge in [0.2, 0.25) is 5.91 Å². The second-order valence-corrected chi connectivity index (χ2v) is 6.70. The lowest BCUT2D eigenvalue weighted by Gasteiger charge is -2.07. The number of hydrogen-bond donors (Lipinski definition) is 2. The van der Waals surface area contributed by atoms with E-state index in [2.05, 4.69) is 10.6 Å². The first kappa shape index (κ1) is 16.5. The number of hydrogen-bond acceptors (Lipinski definition) is 5. The highest BCUT2D eigenvalue weighted by Gasteiger charge is 2.04. The van der Waals surface area contributed by atoms with Crippen molar-refractivity contribution in [2.24, 2.45) is 0 Å². The number of anilines is 1. The summed E-state index contributed by atoms with van der Waals surface area (Å²) in [4.78, 5) is 11.6. The fourth-order valence-corrected chi connectivity index (χ4v) is 2.21. The molecule has 1 rings (SSSR count). The van der Waals surface area contributed by atoms with Crippen molar-refractivity contribution < 1.29 is 17.9 Å². The van der Waals surface area contributed by atoms with Gasteiger partial charge in [0.1, 0.15) is 15.6 Å². The van der Waals surface area contributed by atoms with Crippen molar-refractivity contribution in [2.45, 2.75) is 6.42 Å². The predicted molar refractivity (Wildman–Crippen MR) is 78.8 cm³/mol. The van der Waals surface area contributed by atoms with E-state index in [4.69, 9.17) is 4.74 Å². The summed E-state index contributed by atoms with van der Waals surface area (Å²) >= 11 is 0. The summed E-state index contributed by atoms with van der Waals surface area (Å²) in [6.45, 7) is 0.638. The Morgan fingerprint density at radius 2 is 1.90 bits per heavy atom. The number of sulfone groups is 1. The summed E-state index contributed by atoms with van der Waals surface area (Å²) in [6, 6.07) is 7.02. The van der Waals surface area contributed by atoms with Gasteiger partial charge in [-0.3, -0.25) is 4.79 Å². The van der Waals surface area contributed by atoms with Crippen molar-refractivity contribution >= 4 is 21.4 Å². The van der Waals surface area contributed by atoms with Crippen LogP contribution in [0.25, 0.3) is 0 Å². The zero-order valence-electron chi connectivity index (χ0n) is 11.7. The Kier molecular flexibility index (Phi) is 6.47. The molecule has 0 aliphatic carbocycles. The van der Waals surface area contributed by atoms with Gasteiger partial charge in [-0.05, 0) is 37.2 Å². The number of rotatable bonds is 8. The average Bonchev–Trinajstić information content (AvgIpc) is 2.38. The van der Waals surface area contributed by atoms with Gasteiger partial charge in [0.15, 0.2) is 0 Å². The second-order valence-electron chi connectivity index (χ2n) is 4.44. The average molecular weight is 300 g/mol. The van der Waals surface area contributed by atoms with Crippen LogP contribution in [0.15, 0.2) is 24.3 Å². The summed E-state index contributed by atoms with van der Waals surface area (Å²) in [5.74, 6) is 0.677. The van der Waals surface area contributed by atoms with E-state index in [0.717, 1.165) is 5.75 Å². The third-order valence-corrected chi connectivity index (χ3v) is 3.56. The number of carbonyl (C=O) groups excluding carboxylic acids is 1. The van der Waals surface area contributed by atoms with Crippen LogP contribution in [0.4, 0.5) is 5.69 Å². The van der Waals surface area contributed by atoms with E-state index >= 15 is 0 Å². The van der Waals surface area contributed by atoms with E-state index in [1.54, 1.807) is 31.4 Å². The van der Waals surface area contributed by atoms with Gasteiger partial charge in [0.05, 0.1) is 19.4 Å². The van der Waals surface area contributed by atoms with Crippen LogP contribution in [0.2, 0.25) is 0 Å². The molecule has 112 valence electrons. The quantitative estimate of drug-likeness (QED) is 0.689. The van der Waals surface area contributed by atoms with Crippen molar-refractivity contribution in [3.8, 4) is 5.75 Å². The van der Waals surface area contributed by atoms with Crippen molar-refractivity contribution in [3.05, 3.63) is 24.3 Å². The Hall–Kier alpha value is -1.60. The Morgan fingerprint density at radius 3 is 2.45 bits per heavy atom. The molecule has 6 nitrogen and oxygen atoms in total. The van der Waals surface area contributed by atoms with E-state index in [0.29, 0.717) is 18.7 Å². The highest BCUT2D eigenvalue weighted by atomic mass is 32.2. The molecule has 0 saturated carbocycles. The minimum Gasteiger partial charge on any atom is -0.497 e. The van der Waals surface area contributed by atoms with Crippen molar-refractivity contribution in [3.63, 3.8) is 0 Å². The van der Waals surface area contributed by atoms with Crippen LogP contribution in [0.5, 0.6) is 5.75 Å². The highest BCUT2D eigenvalue weighted by molar-refractivity contribution is 7.90. The molecule has 2 N–H and O–H groups in total. The fraction of sp³-hybridized carbons (Fsp3) is 0.462. The molecular weight excluding hydrogens is 280 g/mol. The first-order valence-electron chi connectivity index (χ1n) is 6.23. The smallest absolute Gasteiger partial charge is 0.238 e. The summed E-state index contributed by atoms with van der Waals surface area (Å²) in [5.41, 5.74) is 0.689. The van der Waals surface area contributed by atoms with E-state index in [-0.39, 0.29) is 18.2 Å². The lowest BCUT2D eigenvalue weighted by atomic mass is 10.3. The van der Waals surface area contributed by atoms with Crippen molar-refractivity contribution in [1.29, 1.82) is 0 Å². The molecule has 7 heteroatoms. The highest BCUT2D eigenvalue weighted by Crippen LogP contribution is 2.14. The number of methoxy groups -OCH3 is 1. The maximum absolute atomic E-state index is 11.6. The van der Waals surface area contributed by atoms with Gasteiger partial charge in [-0.1, -0.05) is 0 Å². The van der Waals surface area contributed by atoms with Crippen LogP contribution in [0.3, 0.4) is 0 Å². The first-order valence-corrected chi connectivity index (χ1v) is 8.29. The van der Waals surface area contributed by atoms with Gasteiger partial charge < -0.3 is 15.4 Å². The van der Waals surface area contributed by atoms with E-state index in [1.807, 2.05) is 0 Å². The van der Waals surface area contributed by atoms with Gasteiger partial charge in [-0.25, -0.2) is 8.42 Å². The topological polar surface area (TPSA) is 84.5 Å². The Balaban J connectivity index is 2.23. The first-order chi connectivity index (χ1) is 9.40. The zero-order chi connectivity index (χ0) is 15.0. The minimum atomic E-state index is -2.93.